The predicted octanol–water partition coefficient (Wildman–Crippen LogP) is 3.80. The number of nitrogens with zero attached hydrogens (tertiary/aromatic N) is 7. The van der Waals surface area contributed by atoms with Crippen molar-refractivity contribution in [1.82, 2.24) is 40.1 Å². The summed E-state index contributed by atoms with van der Waals surface area (Å²) in [5.41, 5.74) is 0.777. The lowest BCUT2D eigenvalue weighted by molar-refractivity contribution is -0.129. The van der Waals surface area contributed by atoms with E-state index in [0.717, 1.165) is 0 Å². The molecule has 3 aromatic heterocycles. The van der Waals surface area contributed by atoms with E-state index in [-0.39, 0.29) is 46.6 Å². The highest BCUT2D eigenvalue weighted by Crippen LogP contribution is 2.44. The number of carbonyl (C=O) groups excluding carboxylic acids is 1. The van der Waals surface area contributed by atoms with Gasteiger partial charge in [-0.05, 0) is 66.3 Å². The molecule has 14 heteroatoms. The molecule has 1 saturated carbocycles. The van der Waals surface area contributed by atoms with Gasteiger partial charge in [0.25, 0.3) is 5.88 Å². The Labute approximate surface area is 236 Å². The number of aromatic nitrogens is 7. The Hall–Kier alpha value is -4.23. The van der Waals surface area contributed by atoms with E-state index in [2.05, 4.69) is 30.5 Å². The summed E-state index contributed by atoms with van der Waals surface area (Å²) in [4.78, 5) is 26.8. The van der Waals surface area contributed by atoms with Crippen LogP contribution in [0, 0.1) is 11.6 Å². The van der Waals surface area contributed by atoms with Gasteiger partial charge in [0, 0.05) is 29.4 Å². The van der Waals surface area contributed by atoms with Gasteiger partial charge in [0.15, 0.2) is 11.6 Å². The molecule has 4 aromatic rings. The molecular formula is C27H23ClF2N8O3. The van der Waals surface area contributed by atoms with Crippen LogP contribution in [0.1, 0.15) is 49.5 Å². The molecule has 2 aliphatic heterocycles. The molecule has 1 amide bonds. The van der Waals surface area contributed by atoms with Gasteiger partial charge in [-0.25, -0.2) is 18.7 Å². The lowest BCUT2D eigenvalue weighted by Gasteiger charge is -2.33. The number of aliphatic hydroxyl groups is 1. The summed E-state index contributed by atoms with van der Waals surface area (Å²) >= 11 is 6.11. The van der Waals surface area contributed by atoms with Gasteiger partial charge in [0.1, 0.15) is 18.8 Å². The van der Waals surface area contributed by atoms with Crippen molar-refractivity contribution in [3.8, 4) is 22.8 Å². The molecule has 7 rings (SSSR count). The number of aromatic amines is 1. The molecule has 1 saturated heterocycles. The number of hydrogen-bond acceptors (Lipinski definition) is 8. The number of nitrogens with one attached hydrogen (secondary N) is 1. The Kier molecular flexibility index (Phi) is 6.08. The molecule has 0 radical (unpaired) electrons. The van der Waals surface area contributed by atoms with Gasteiger partial charge in [-0.3, -0.25) is 4.79 Å². The third kappa shape index (κ3) is 4.54. The van der Waals surface area contributed by atoms with E-state index < -0.39 is 17.2 Å². The highest BCUT2D eigenvalue weighted by Gasteiger charge is 2.43. The van der Waals surface area contributed by atoms with Gasteiger partial charge in [0.2, 0.25) is 5.91 Å². The van der Waals surface area contributed by atoms with Gasteiger partial charge >= 0.3 is 0 Å². The SMILES string of the molecule is O=C1C=C(c2c(-n3cnnn3)ccc(Cl)c2F)C[C@H]2CC[C@@H](c3ncc(-c4ccnc(OCC5(O)CC5)c4F)[nH]3)N12. The molecule has 0 bridgehead atoms. The highest BCUT2D eigenvalue weighted by molar-refractivity contribution is 6.31. The number of benzene rings is 1. The largest absolute Gasteiger partial charge is 0.473 e. The van der Waals surface area contributed by atoms with Crippen LogP contribution in [-0.4, -0.2) is 69.3 Å². The van der Waals surface area contributed by atoms with Crippen LogP contribution in [0.3, 0.4) is 0 Å². The van der Waals surface area contributed by atoms with Crippen LogP contribution in [0.25, 0.3) is 22.5 Å². The Morgan fingerprint density at radius 3 is 2.80 bits per heavy atom. The number of ether oxygens (including phenoxy) is 1. The number of amides is 1. The Balaban J connectivity index is 1.15. The minimum Gasteiger partial charge on any atom is -0.473 e. The van der Waals surface area contributed by atoms with Crippen LogP contribution in [-0.2, 0) is 4.79 Å². The number of hydrogen-bond donors (Lipinski definition) is 2. The van der Waals surface area contributed by atoms with Gasteiger partial charge in [-0.15, -0.1) is 5.10 Å². The van der Waals surface area contributed by atoms with Crippen molar-refractivity contribution >= 4 is 23.1 Å². The summed E-state index contributed by atoms with van der Waals surface area (Å²) in [5, 5.41) is 21.1. The number of fused-ring (bicyclic) bond motifs is 1. The summed E-state index contributed by atoms with van der Waals surface area (Å²) in [6.45, 7) is -0.0268. The zero-order valence-electron chi connectivity index (χ0n) is 21.5. The summed E-state index contributed by atoms with van der Waals surface area (Å²) in [7, 11) is 0. The Morgan fingerprint density at radius 1 is 1.17 bits per heavy atom. The average Bonchev–Trinajstić information content (AvgIpc) is 3.42. The Morgan fingerprint density at radius 2 is 2.02 bits per heavy atom. The topological polar surface area (TPSA) is 135 Å². The van der Waals surface area contributed by atoms with Crippen molar-refractivity contribution in [2.75, 3.05) is 6.61 Å². The van der Waals surface area contributed by atoms with E-state index >= 15 is 8.78 Å². The summed E-state index contributed by atoms with van der Waals surface area (Å²) in [6, 6.07) is 3.97. The van der Waals surface area contributed by atoms with Crippen molar-refractivity contribution in [2.24, 2.45) is 0 Å². The first-order chi connectivity index (χ1) is 19.8. The first-order valence-electron chi connectivity index (χ1n) is 13.1. The number of imidazole rings is 1. The molecule has 2 fully saturated rings. The quantitative estimate of drug-likeness (QED) is 0.337. The van der Waals surface area contributed by atoms with Crippen molar-refractivity contribution in [3.63, 3.8) is 0 Å². The first kappa shape index (κ1) is 25.7. The van der Waals surface area contributed by atoms with E-state index in [1.54, 1.807) is 11.0 Å². The summed E-state index contributed by atoms with van der Waals surface area (Å²) in [6.07, 6.45) is 8.60. The van der Waals surface area contributed by atoms with Crippen molar-refractivity contribution in [1.29, 1.82) is 0 Å². The van der Waals surface area contributed by atoms with Crippen LogP contribution in [0.4, 0.5) is 8.78 Å². The zero-order valence-corrected chi connectivity index (χ0v) is 22.2. The molecule has 2 atom stereocenters. The molecular weight excluding hydrogens is 558 g/mol. The fourth-order valence-corrected chi connectivity index (χ4v) is 5.73. The number of pyridine rings is 1. The second-order valence-corrected chi connectivity index (χ2v) is 11.0. The third-order valence-corrected chi connectivity index (χ3v) is 8.16. The van der Waals surface area contributed by atoms with E-state index in [1.165, 1.54) is 41.6 Å². The van der Waals surface area contributed by atoms with Crippen LogP contribution in [0.15, 0.2) is 43.0 Å². The van der Waals surface area contributed by atoms with Gasteiger partial charge < -0.3 is 19.7 Å². The normalized spacial score (nSPS) is 21.1. The lowest BCUT2D eigenvalue weighted by atomic mass is 9.92. The van der Waals surface area contributed by atoms with Gasteiger partial charge in [0.05, 0.1) is 34.2 Å². The molecule has 1 aromatic carbocycles. The molecule has 2 N–H and O–H groups in total. The maximum absolute atomic E-state index is 15.3. The molecule has 1 aliphatic carbocycles. The van der Waals surface area contributed by atoms with Crippen LogP contribution < -0.4 is 4.74 Å². The number of halogens is 3. The predicted molar refractivity (Wildman–Crippen MR) is 141 cm³/mol. The third-order valence-electron chi connectivity index (χ3n) is 7.86. The van der Waals surface area contributed by atoms with Crippen molar-refractivity contribution in [3.05, 3.63) is 71.0 Å². The molecule has 5 heterocycles. The van der Waals surface area contributed by atoms with E-state index in [4.69, 9.17) is 16.3 Å². The molecule has 0 unspecified atom stereocenters. The fraction of sp³-hybridized carbons (Fsp3) is 0.333. The number of H-pyrrole nitrogens is 1. The summed E-state index contributed by atoms with van der Waals surface area (Å²) in [5.74, 6) is -1.28. The van der Waals surface area contributed by atoms with Gasteiger partial charge in [-0.2, -0.15) is 4.68 Å². The molecule has 0 spiro atoms. The maximum Gasteiger partial charge on any atom is 0.251 e. The number of rotatable bonds is 7. The van der Waals surface area contributed by atoms with E-state index in [9.17, 15) is 9.90 Å². The van der Waals surface area contributed by atoms with Crippen molar-refractivity contribution < 1.29 is 23.4 Å². The van der Waals surface area contributed by atoms with Crippen molar-refractivity contribution in [2.45, 2.75) is 49.8 Å². The van der Waals surface area contributed by atoms with Crippen LogP contribution in [0.5, 0.6) is 5.88 Å². The molecule has 11 nitrogen and oxygen atoms in total. The highest BCUT2D eigenvalue weighted by atomic mass is 35.5. The minimum absolute atomic E-state index is 0.0268. The fourth-order valence-electron chi connectivity index (χ4n) is 5.57. The van der Waals surface area contributed by atoms with Gasteiger partial charge in [-0.1, -0.05) is 11.6 Å². The maximum atomic E-state index is 15.3. The second-order valence-electron chi connectivity index (χ2n) is 10.5. The second kappa shape index (κ2) is 9.70. The first-order valence-corrected chi connectivity index (χ1v) is 13.5. The van der Waals surface area contributed by atoms with E-state index in [0.29, 0.717) is 54.9 Å². The summed E-state index contributed by atoms with van der Waals surface area (Å²) < 4.78 is 37.3. The number of carbonyl (C=O) groups is 1. The number of tetrazole rings is 1. The average molecular weight is 581 g/mol. The Bertz CT molecular complexity index is 1690. The molecule has 41 heavy (non-hydrogen) atoms. The lowest BCUT2D eigenvalue weighted by Crippen LogP contribution is -2.39. The minimum atomic E-state index is -0.909. The van der Waals surface area contributed by atoms with Crippen LogP contribution >= 0.6 is 11.6 Å². The van der Waals surface area contributed by atoms with Crippen LogP contribution in [0.2, 0.25) is 5.02 Å². The van der Waals surface area contributed by atoms with E-state index in [1.807, 2.05) is 0 Å². The smallest absolute Gasteiger partial charge is 0.251 e. The molecule has 210 valence electrons. The zero-order chi connectivity index (χ0) is 28.3. The standard InChI is InChI=1S/C27H23ClF2N8O3/c28-17-2-4-19(37-13-33-35-36-37)22(24(17)30)14-9-15-1-3-20(38(15)21(39)10-14)25-32-11-18(34-25)16-5-8-31-26(23(16)29)41-12-27(40)6-7-27/h2,4-5,8,10-11,13,15,20,40H,1,3,6-7,9,12H2,(H,32,34)/t15-,20+/m1/s1. The monoisotopic (exact) mass is 580 g/mol. The molecule has 3 aliphatic rings.